The molecule has 0 heterocycles. The SMILES string of the molecule is C=CC=CC(=CCC)C(C)CC(C)COS(C)(=O)=O. The molecule has 0 amide bonds. The van der Waals surface area contributed by atoms with E-state index in [-0.39, 0.29) is 12.5 Å². The van der Waals surface area contributed by atoms with Crippen molar-refractivity contribution in [2.45, 2.75) is 33.6 Å². The molecular weight excluding hydrogens is 260 g/mol. The summed E-state index contributed by atoms with van der Waals surface area (Å²) in [5, 5.41) is 0. The maximum atomic E-state index is 10.9. The van der Waals surface area contributed by atoms with Crippen LogP contribution in [0.15, 0.2) is 36.5 Å². The van der Waals surface area contributed by atoms with Gasteiger partial charge in [-0.05, 0) is 30.3 Å². The second-order valence-electron chi connectivity index (χ2n) is 4.94. The fourth-order valence-corrected chi connectivity index (χ4v) is 2.38. The number of allylic oxidation sites excluding steroid dienone is 5. The lowest BCUT2D eigenvalue weighted by molar-refractivity contribution is 0.249. The van der Waals surface area contributed by atoms with E-state index in [0.717, 1.165) is 19.1 Å². The summed E-state index contributed by atoms with van der Waals surface area (Å²) in [7, 11) is -3.34. The van der Waals surface area contributed by atoms with Gasteiger partial charge in [0.25, 0.3) is 10.1 Å². The molecule has 0 aromatic carbocycles. The molecule has 0 aromatic rings. The molecule has 0 saturated heterocycles. The Balaban J connectivity index is 4.47. The molecule has 0 aliphatic heterocycles. The highest BCUT2D eigenvalue weighted by atomic mass is 32.2. The average molecular weight is 286 g/mol. The van der Waals surface area contributed by atoms with Gasteiger partial charge in [-0.3, -0.25) is 4.18 Å². The van der Waals surface area contributed by atoms with E-state index in [0.29, 0.717) is 5.92 Å². The maximum Gasteiger partial charge on any atom is 0.264 e. The van der Waals surface area contributed by atoms with Gasteiger partial charge in [-0.1, -0.05) is 51.7 Å². The fourth-order valence-electron chi connectivity index (χ4n) is 1.90. The molecule has 0 saturated carbocycles. The van der Waals surface area contributed by atoms with Crippen LogP contribution in [-0.2, 0) is 14.3 Å². The third kappa shape index (κ3) is 9.68. The Morgan fingerprint density at radius 2 is 2.00 bits per heavy atom. The minimum atomic E-state index is -3.34. The van der Waals surface area contributed by atoms with E-state index in [2.05, 4.69) is 32.6 Å². The molecule has 0 spiro atoms. The Morgan fingerprint density at radius 1 is 1.37 bits per heavy atom. The second-order valence-corrected chi connectivity index (χ2v) is 6.58. The van der Waals surface area contributed by atoms with Crippen molar-refractivity contribution in [3.05, 3.63) is 36.5 Å². The van der Waals surface area contributed by atoms with Crippen LogP contribution in [0.1, 0.15) is 33.6 Å². The predicted octanol–water partition coefficient (Wildman–Crippen LogP) is 3.70. The van der Waals surface area contributed by atoms with Crippen molar-refractivity contribution in [1.82, 2.24) is 0 Å². The van der Waals surface area contributed by atoms with Gasteiger partial charge in [0.1, 0.15) is 0 Å². The summed E-state index contributed by atoms with van der Waals surface area (Å²) in [4.78, 5) is 0. The highest BCUT2D eigenvalue weighted by Crippen LogP contribution is 2.22. The molecule has 0 aromatic heterocycles. The first kappa shape index (κ1) is 18.1. The van der Waals surface area contributed by atoms with Gasteiger partial charge in [-0.2, -0.15) is 8.42 Å². The largest absolute Gasteiger partial charge is 0.270 e. The van der Waals surface area contributed by atoms with Crippen molar-refractivity contribution >= 4 is 10.1 Å². The maximum absolute atomic E-state index is 10.9. The Kier molecular flexibility index (Phi) is 8.68. The summed E-state index contributed by atoms with van der Waals surface area (Å²) in [6, 6.07) is 0. The van der Waals surface area contributed by atoms with Gasteiger partial charge in [0.05, 0.1) is 12.9 Å². The van der Waals surface area contributed by atoms with Gasteiger partial charge in [0.2, 0.25) is 0 Å². The van der Waals surface area contributed by atoms with Crippen molar-refractivity contribution in [1.29, 1.82) is 0 Å². The Labute approximate surface area is 118 Å². The highest BCUT2D eigenvalue weighted by Gasteiger charge is 2.13. The van der Waals surface area contributed by atoms with Gasteiger partial charge in [-0.25, -0.2) is 0 Å². The normalized spacial score (nSPS) is 16.5. The van der Waals surface area contributed by atoms with Crippen LogP contribution in [0, 0.1) is 11.8 Å². The zero-order valence-corrected chi connectivity index (χ0v) is 13.2. The summed E-state index contributed by atoms with van der Waals surface area (Å²) in [6.07, 6.45) is 10.9. The molecule has 110 valence electrons. The predicted molar refractivity (Wildman–Crippen MR) is 81.5 cm³/mol. The quantitative estimate of drug-likeness (QED) is 0.479. The lowest BCUT2D eigenvalue weighted by atomic mass is 9.90. The Bertz CT molecular complexity index is 419. The third-order valence-corrected chi connectivity index (χ3v) is 3.32. The zero-order chi connectivity index (χ0) is 14.9. The van der Waals surface area contributed by atoms with Crippen LogP contribution < -0.4 is 0 Å². The van der Waals surface area contributed by atoms with Crippen molar-refractivity contribution in [3.63, 3.8) is 0 Å². The summed E-state index contributed by atoms with van der Waals surface area (Å²) < 4.78 is 26.7. The van der Waals surface area contributed by atoms with E-state index in [1.54, 1.807) is 6.08 Å². The lowest BCUT2D eigenvalue weighted by Crippen LogP contribution is -2.14. The third-order valence-electron chi connectivity index (χ3n) is 2.76. The van der Waals surface area contributed by atoms with Crippen LogP contribution in [0.5, 0.6) is 0 Å². The van der Waals surface area contributed by atoms with Crippen LogP contribution in [0.25, 0.3) is 0 Å². The molecule has 4 heteroatoms. The van der Waals surface area contributed by atoms with Crippen molar-refractivity contribution in [2.24, 2.45) is 11.8 Å². The summed E-state index contributed by atoms with van der Waals surface area (Å²) in [5.41, 5.74) is 1.26. The molecule has 0 rings (SSSR count). The zero-order valence-electron chi connectivity index (χ0n) is 12.4. The molecule has 2 unspecified atom stereocenters. The molecule has 19 heavy (non-hydrogen) atoms. The second kappa shape index (κ2) is 9.10. The van der Waals surface area contributed by atoms with E-state index in [1.165, 1.54) is 5.57 Å². The van der Waals surface area contributed by atoms with Crippen LogP contribution >= 0.6 is 0 Å². The van der Waals surface area contributed by atoms with Crippen molar-refractivity contribution in [3.8, 4) is 0 Å². The summed E-state index contributed by atoms with van der Waals surface area (Å²) in [5.74, 6) is 0.566. The van der Waals surface area contributed by atoms with Crippen LogP contribution in [0.2, 0.25) is 0 Å². The van der Waals surface area contributed by atoms with E-state index in [9.17, 15) is 8.42 Å². The van der Waals surface area contributed by atoms with E-state index in [1.807, 2.05) is 13.0 Å². The fraction of sp³-hybridized carbons (Fsp3) is 0.600. The molecule has 0 aliphatic carbocycles. The van der Waals surface area contributed by atoms with Gasteiger partial charge < -0.3 is 0 Å². The monoisotopic (exact) mass is 286 g/mol. The van der Waals surface area contributed by atoms with E-state index >= 15 is 0 Å². The molecule has 3 nitrogen and oxygen atoms in total. The average Bonchev–Trinajstić information content (AvgIpc) is 2.31. The first-order valence-corrected chi connectivity index (χ1v) is 8.45. The van der Waals surface area contributed by atoms with Crippen LogP contribution in [0.4, 0.5) is 0 Å². The Hall–Kier alpha value is -0.870. The summed E-state index contributed by atoms with van der Waals surface area (Å²) >= 11 is 0. The first-order valence-electron chi connectivity index (χ1n) is 6.63. The number of hydrogen-bond acceptors (Lipinski definition) is 3. The molecule has 0 fully saturated rings. The van der Waals surface area contributed by atoms with Crippen LogP contribution in [0.3, 0.4) is 0 Å². The molecule has 0 N–H and O–H groups in total. The smallest absolute Gasteiger partial charge is 0.264 e. The van der Waals surface area contributed by atoms with Gasteiger partial charge >= 0.3 is 0 Å². The van der Waals surface area contributed by atoms with E-state index in [4.69, 9.17) is 4.18 Å². The minimum Gasteiger partial charge on any atom is -0.270 e. The van der Waals surface area contributed by atoms with Gasteiger partial charge in [-0.15, -0.1) is 0 Å². The first-order chi connectivity index (χ1) is 8.80. The lowest BCUT2D eigenvalue weighted by Gasteiger charge is -2.18. The molecular formula is C15H26O3S. The number of hydrogen-bond donors (Lipinski definition) is 0. The van der Waals surface area contributed by atoms with Gasteiger partial charge in [0.15, 0.2) is 0 Å². The topological polar surface area (TPSA) is 43.4 Å². The van der Waals surface area contributed by atoms with Crippen LogP contribution in [-0.4, -0.2) is 21.3 Å². The Morgan fingerprint density at radius 3 is 2.47 bits per heavy atom. The molecule has 0 bridgehead atoms. The minimum absolute atomic E-state index is 0.196. The van der Waals surface area contributed by atoms with Gasteiger partial charge in [0, 0.05) is 0 Å². The molecule has 2 atom stereocenters. The van der Waals surface area contributed by atoms with E-state index < -0.39 is 10.1 Å². The molecule has 0 aliphatic rings. The summed E-state index contributed by atoms with van der Waals surface area (Å²) in [6.45, 7) is 10.2. The highest BCUT2D eigenvalue weighted by molar-refractivity contribution is 7.85. The number of rotatable bonds is 9. The van der Waals surface area contributed by atoms with Crippen molar-refractivity contribution in [2.75, 3.05) is 12.9 Å². The standard InChI is InChI=1S/C15H26O3S/c1-6-8-10-15(9-7-2)14(4)11-13(3)12-18-19(5,16)17/h6,8-10,13-14H,1,7,11-12H2,2-5H3. The molecule has 0 radical (unpaired) electrons. The van der Waals surface area contributed by atoms with Crippen molar-refractivity contribution < 1.29 is 12.6 Å².